The maximum Gasteiger partial charge on any atom is 0.0223 e. The van der Waals surface area contributed by atoms with Gasteiger partial charge in [0.15, 0.2) is 0 Å². The van der Waals surface area contributed by atoms with Crippen molar-refractivity contribution in [1.82, 2.24) is 5.32 Å². The fourth-order valence-corrected chi connectivity index (χ4v) is 3.03. The van der Waals surface area contributed by atoms with Gasteiger partial charge in [-0.25, -0.2) is 0 Å². The lowest BCUT2D eigenvalue weighted by Gasteiger charge is -2.31. The lowest BCUT2D eigenvalue weighted by Crippen LogP contribution is -2.46. The molecule has 0 saturated carbocycles. The molecule has 0 spiro atoms. The quantitative estimate of drug-likeness (QED) is 0.855. The molecule has 0 bridgehead atoms. The van der Waals surface area contributed by atoms with Gasteiger partial charge in [-0.05, 0) is 51.3 Å². The highest BCUT2D eigenvalue weighted by atomic mass is 14.9. The summed E-state index contributed by atoms with van der Waals surface area (Å²) in [6.07, 6.45) is 0. The smallest absolute Gasteiger partial charge is 0.0223 e. The van der Waals surface area contributed by atoms with Crippen molar-refractivity contribution in [2.24, 2.45) is 5.73 Å². The lowest BCUT2D eigenvalue weighted by molar-refractivity contribution is 0.409. The highest BCUT2D eigenvalue weighted by Gasteiger charge is 2.25. The van der Waals surface area contributed by atoms with Crippen molar-refractivity contribution in [3.05, 3.63) is 34.4 Å². The van der Waals surface area contributed by atoms with Crippen LogP contribution in [0.2, 0.25) is 0 Å². The Morgan fingerprint density at radius 3 is 1.84 bits per heavy atom. The largest absolute Gasteiger partial charge is 0.324 e. The summed E-state index contributed by atoms with van der Waals surface area (Å²) in [5.41, 5.74) is 11.5. The van der Waals surface area contributed by atoms with Crippen molar-refractivity contribution in [2.75, 3.05) is 13.1 Å². The average molecular weight is 262 g/mol. The minimum Gasteiger partial charge on any atom is -0.324 e. The first-order valence-corrected chi connectivity index (χ1v) is 7.11. The summed E-state index contributed by atoms with van der Waals surface area (Å²) in [6.45, 7) is 17.1. The third-order valence-corrected chi connectivity index (χ3v) is 3.50. The first-order valence-electron chi connectivity index (χ1n) is 7.11. The molecular weight excluding hydrogens is 232 g/mol. The van der Waals surface area contributed by atoms with Gasteiger partial charge < -0.3 is 11.1 Å². The van der Waals surface area contributed by atoms with Crippen LogP contribution in [0.25, 0.3) is 0 Å². The van der Waals surface area contributed by atoms with Gasteiger partial charge in [0.1, 0.15) is 0 Å². The van der Waals surface area contributed by atoms with Gasteiger partial charge in [-0.3, -0.25) is 0 Å². The molecule has 0 heterocycles. The molecule has 0 atom stereocenters. The van der Waals surface area contributed by atoms with E-state index in [9.17, 15) is 0 Å². The molecule has 0 unspecified atom stereocenters. The number of nitrogens with one attached hydrogen (secondary N) is 1. The van der Waals surface area contributed by atoms with E-state index in [2.05, 4.69) is 65.9 Å². The van der Waals surface area contributed by atoms with Crippen LogP contribution in [-0.4, -0.2) is 18.6 Å². The second kappa shape index (κ2) is 5.64. The van der Waals surface area contributed by atoms with Gasteiger partial charge in [0.05, 0.1) is 0 Å². The van der Waals surface area contributed by atoms with Crippen LogP contribution >= 0.6 is 0 Å². The normalized spacial score (nSPS) is 12.8. The summed E-state index contributed by atoms with van der Waals surface area (Å²) < 4.78 is 0. The topological polar surface area (TPSA) is 38.0 Å². The van der Waals surface area contributed by atoms with E-state index in [-0.39, 0.29) is 11.0 Å². The molecule has 0 fully saturated rings. The highest BCUT2D eigenvalue weighted by molar-refractivity contribution is 5.42. The van der Waals surface area contributed by atoms with E-state index in [0.29, 0.717) is 0 Å². The van der Waals surface area contributed by atoms with E-state index in [1.54, 1.807) is 0 Å². The zero-order valence-electron chi connectivity index (χ0n) is 13.6. The Labute approximate surface area is 118 Å². The van der Waals surface area contributed by atoms with E-state index in [1.807, 2.05) is 0 Å². The fraction of sp³-hybridized carbons (Fsp3) is 0.647. The number of benzene rings is 1. The Morgan fingerprint density at radius 1 is 0.947 bits per heavy atom. The van der Waals surface area contributed by atoms with Gasteiger partial charge in [0, 0.05) is 24.0 Å². The number of hydrogen-bond donors (Lipinski definition) is 2. The van der Waals surface area contributed by atoms with Crippen LogP contribution in [0.15, 0.2) is 12.1 Å². The molecule has 0 amide bonds. The first-order chi connectivity index (χ1) is 8.53. The van der Waals surface area contributed by atoms with Crippen molar-refractivity contribution in [2.45, 2.75) is 59.4 Å². The standard InChI is InChI=1S/C17H30N2/c1-12-8-13(2)15(14(3)9-12)16(4,5)10-19-11-17(6,7)18/h8-9,19H,10-11,18H2,1-7H3. The molecule has 1 aromatic carbocycles. The molecule has 0 aliphatic rings. The van der Waals surface area contributed by atoms with E-state index in [1.165, 1.54) is 22.3 Å². The Balaban J connectivity index is 2.88. The summed E-state index contributed by atoms with van der Waals surface area (Å²) in [5.74, 6) is 0. The predicted molar refractivity (Wildman–Crippen MR) is 84.8 cm³/mol. The number of rotatable bonds is 5. The van der Waals surface area contributed by atoms with Crippen LogP contribution in [0, 0.1) is 20.8 Å². The predicted octanol–water partition coefficient (Wildman–Crippen LogP) is 3.22. The second-order valence-corrected chi connectivity index (χ2v) is 7.25. The van der Waals surface area contributed by atoms with Gasteiger partial charge >= 0.3 is 0 Å². The highest BCUT2D eigenvalue weighted by Crippen LogP contribution is 2.29. The van der Waals surface area contributed by atoms with E-state index in [4.69, 9.17) is 5.73 Å². The molecule has 2 heteroatoms. The minimum atomic E-state index is -0.159. The van der Waals surface area contributed by atoms with E-state index in [0.717, 1.165) is 13.1 Å². The molecule has 1 aromatic rings. The molecular formula is C17H30N2. The van der Waals surface area contributed by atoms with Crippen molar-refractivity contribution >= 4 is 0 Å². The molecule has 0 aliphatic heterocycles. The van der Waals surface area contributed by atoms with Crippen LogP contribution < -0.4 is 11.1 Å². The first kappa shape index (κ1) is 16.2. The fourth-order valence-electron chi connectivity index (χ4n) is 3.03. The van der Waals surface area contributed by atoms with E-state index < -0.39 is 0 Å². The van der Waals surface area contributed by atoms with Gasteiger partial charge in [-0.15, -0.1) is 0 Å². The van der Waals surface area contributed by atoms with Crippen LogP contribution in [0.3, 0.4) is 0 Å². The van der Waals surface area contributed by atoms with Gasteiger partial charge in [-0.1, -0.05) is 31.5 Å². The summed E-state index contributed by atoms with van der Waals surface area (Å²) >= 11 is 0. The van der Waals surface area contributed by atoms with Crippen molar-refractivity contribution in [3.8, 4) is 0 Å². The molecule has 0 saturated heterocycles. The summed E-state index contributed by atoms with van der Waals surface area (Å²) in [4.78, 5) is 0. The van der Waals surface area contributed by atoms with Crippen molar-refractivity contribution in [1.29, 1.82) is 0 Å². The van der Waals surface area contributed by atoms with Crippen LogP contribution in [-0.2, 0) is 5.41 Å². The summed E-state index contributed by atoms with van der Waals surface area (Å²) in [5, 5.41) is 3.51. The second-order valence-electron chi connectivity index (χ2n) is 7.25. The zero-order chi connectivity index (χ0) is 14.8. The monoisotopic (exact) mass is 262 g/mol. The molecule has 0 radical (unpaired) electrons. The maximum atomic E-state index is 6.02. The van der Waals surface area contributed by atoms with Crippen molar-refractivity contribution in [3.63, 3.8) is 0 Å². The van der Waals surface area contributed by atoms with E-state index >= 15 is 0 Å². The number of hydrogen-bond acceptors (Lipinski definition) is 2. The molecule has 0 aliphatic carbocycles. The Kier molecular flexibility index (Phi) is 4.81. The average Bonchev–Trinajstić information content (AvgIpc) is 2.11. The maximum absolute atomic E-state index is 6.02. The lowest BCUT2D eigenvalue weighted by atomic mass is 9.78. The number of nitrogens with two attached hydrogens (primary N) is 1. The molecule has 2 nitrogen and oxygen atoms in total. The molecule has 0 aromatic heterocycles. The summed E-state index contributed by atoms with van der Waals surface area (Å²) in [7, 11) is 0. The third kappa shape index (κ3) is 4.63. The van der Waals surface area contributed by atoms with Crippen LogP contribution in [0.1, 0.15) is 49.9 Å². The number of aryl methyl sites for hydroxylation is 3. The Hall–Kier alpha value is -0.860. The van der Waals surface area contributed by atoms with Crippen LogP contribution in [0.4, 0.5) is 0 Å². The third-order valence-electron chi connectivity index (χ3n) is 3.50. The Bertz CT molecular complexity index is 416. The molecule has 19 heavy (non-hydrogen) atoms. The minimum absolute atomic E-state index is 0.118. The van der Waals surface area contributed by atoms with Crippen LogP contribution in [0.5, 0.6) is 0 Å². The molecule has 3 N–H and O–H groups in total. The van der Waals surface area contributed by atoms with Gasteiger partial charge in [0.2, 0.25) is 0 Å². The van der Waals surface area contributed by atoms with Gasteiger partial charge in [-0.2, -0.15) is 0 Å². The Morgan fingerprint density at radius 2 is 1.42 bits per heavy atom. The van der Waals surface area contributed by atoms with Crippen molar-refractivity contribution < 1.29 is 0 Å². The molecule has 1 rings (SSSR count). The zero-order valence-corrected chi connectivity index (χ0v) is 13.6. The summed E-state index contributed by atoms with van der Waals surface area (Å²) in [6, 6.07) is 4.55. The SMILES string of the molecule is Cc1cc(C)c(C(C)(C)CNCC(C)(C)N)c(C)c1. The molecule has 108 valence electrons. The van der Waals surface area contributed by atoms with Gasteiger partial charge in [0.25, 0.3) is 0 Å².